The highest BCUT2D eigenvalue weighted by molar-refractivity contribution is 7.96. The molecule has 2 heterocycles. The minimum absolute atomic E-state index is 0.0325. The van der Waals surface area contributed by atoms with Crippen LogP contribution in [0.3, 0.4) is 0 Å². The Hall–Kier alpha value is -1.95. The van der Waals surface area contributed by atoms with E-state index in [1.54, 1.807) is 0 Å². The number of rotatable bonds is 4. The molecule has 2 aromatic rings. The van der Waals surface area contributed by atoms with Crippen LogP contribution in [-0.4, -0.2) is 46.6 Å². The van der Waals surface area contributed by atoms with E-state index in [9.17, 15) is 9.50 Å². The molecule has 24 heavy (non-hydrogen) atoms. The second-order valence-corrected chi connectivity index (χ2v) is 6.63. The molecule has 1 unspecified atom stereocenters. The first-order valence-electron chi connectivity index (χ1n) is 7.64. The van der Waals surface area contributed by atoms with Gasteiger partial charge in [-0.25, -0.2) is 14.4 Å². The van der Waals surface area contributed by atoms with Crippen LogP contribution in [0, 0.1) is 17.1 Å². The first kappa shape index (κ1) is 16.9. The summed E-state index contributed by atoms with van der Waals surface area (Å²) in [6, 6.07) is 4.58. The molecule has 1 aliphatic heterocycles. The second-order valence-electron chi connectivity index (χ2n) is 5.93. The van der Waals surface area contributed by atoms with Gasteiger partial charge in [-0.3, -0.25) is 4.72 Å². The van der Waals surface area contributed by atoms with Crippen molar-refractivity contribution in [2.24, 2.45) is 0 Å². The minimum atomic E-state index is -0.851. The zero-order chi connectivity index (χ0) is 17.2. The van der Waals surface area contributed by atoms with Crippen molar-refractivity contribution in [2.75, 3.05) is 30.8 Å². The quantitative estimate of drug-likeness (QED) is 0.816. The van der Waals surface area contributed by atoms with Crippen molar-refractivity contribution in [1.82, 2.24) is 14.7 Å². The predicted molar refractivity (Wildman–Crippen MR) is 92.1 cm³/mol. The fraction of sp³-hybridized carbons (Fsp3) is 0.438. The third-order valence-corrected chi connectivity index (χ3v) is 4.66. The number of piperidine rings is 1. The zero-order valence-corrected chi connectivity index (χ0v) is 14.1. The Bertz CT molecular complexity index is 796. The van der Waals surface area contributed by atoms with Gasteiger partial charge in [0, 0.05) is 31.1 Å². The van der Waals surface area contributed by atoms with Crippen molar-refractivity contribution in [3.05, 3.63) is 29.8 Å². The van der Waals surface area contributed by atoms with Crippen LogP contribution in [0.5, 0.6) is 0 Å². The molecule has 0 bridgehead atoms. The van der Waals surface area contributed by atoms with E-state index in [1.807, 2.05) is 17.2 Å². The van der Waals surface area contributed by atoms with Gasteiger partial charge in [-0.2, -0.15) is 5.26 Å². The van der Waals surface area contributed by atoms with Gasteiger partial charge in [0.2, 0.25) is 0 Å². The maximum absolute atomic E-state index is 13.8. The van der Waals surface area contributed by atoms with Crippen molar-refractivity contribution in [2.45, 2.75) is 18.4 Å². The topological polar surface area (TPSA) is 85.1 Å². The van der Waals surface area contributed by atoms with Crippen LogP contribution < -0.4 is 9.62 Å². The number of benzene rings is 1. The smallest absolute Gasteiger partial charge is 0.143 e. The molecule has 0 saturated carbocycles. The fourth-order valence-electron chi connectivity index (χ4n) is 3.05. The lowest BCUT2D eigenvalue weighted by atomic mass is 9.93. The number of hydrogen-bond donors (Lipinski definition) is 2. The van der Waals surface area contributed by atoms with Crippen LogP contribution in [0.4, 0.5) is 10.2 Å². The Morgan fingerprint density at radius 3 is 3.08 bits per heavy atom. The van der Waals surface area contributed by atoms with E-state index in [4.69, 9.17) is 5.26 Å². The highest BCUT2D eigenvalue weighted by Crippen LogP contribution is 2.30. The zero-order valence-electron chi connectivity index (χ0n) is 13.3. The molecule has 0 radical (unpaired) electrons. The summed E-state index contributed by atoms with van der Waals surface area (Å²) >= 11 is 1.47. The highest BCUT2D eigenvalue weighted by atomic mass is 32.2. The fourth-order valence-corrected chi connectivity index (χ4v) is 3.46. The number of hydrogen-bond acceptors (Lipinski definition) is 7. The first-order valence-corrected chi connectivity index (χ1v) is 8.86. The Morgan fingerprint density at radius 1 is 1.50 bits per heavy atom. The van der Waals surface area contributed by atoms with Crippen molar-refractivity contribution >= 4 is 28.7 Å². The Morgan fingerprint density at radius 2 is 2.33 bits per heavy atom. The Kier molecular flexibility index (Phi) is 4.85. The molecule has 126 valence electrons. The maximum atomic E-state index is 13.8. The van der Waals surface area contributed by atoms with Gasteiger partial charge in [-0.05, 0) is 25.2 Å². The molecule has 8 heteroatoms. The number of aromatic nitrogens is 2. The molecule has 1 fully saturated rings. The number of nitrogens with zero attached hydrogens (tertiary/aromatic N) is 4. The van der Waals surface area contributed by atoms with Crippen molar-refractivity contribution < 1.29 is 9.50 Å². The number of β-amino-alcohol motifs (C(OH)–C–C–N with tert-alkyl or cyclic N) is 1. The van der Waals surface area contributed by atoms with Gasteiger partial charge < -0.3 is 10.0 Å². The summed E-state index contributed by atoms with van der Waals surface area (Å²) < 4.78 is 16.9. The van der Waals surface area contributed by atoms with E-state index < -0.39 is 11.4 Å². The van der Waals surface area contributed by atoms with Gasteiger partial charge >= 0.3 is 0 Å². The van der Waals surface area contributed by atoms with Gasteiger partial charge in [-0.15, -0.1) is 0 Å². The molecular weight excluding hydrogens is 329 g/mol. The number of aliphatic hydroxyl groups is 1. The molecule has 1 aromatic carbocycles. The monoisotopic (exact) mass is 347 g/mol. The predicted octanol–water partition coefficient (Wildman–Crippen LogP) is 1.84. The Labute approximate surface area is 143 Å². The van der Waals surface area contributed by atoms with Crippen LogP contribution in [0.15, 0.2) is 18.5 Å². The van der Waals surface area contributed by atoms with Crippen LogP contribution in [0.1, 0.15) is 18.4 Å². The van der Waals surface area contributed by atoms with E-state index in [0.29, 0.717) is 36.2 Å². The largest absolute Gasteiger partial charge is 0.387 e. The van der Waals surface area contributed by atoms with E-state index in [-0.39, 0.29) is 5.56 Å². The summed E-state index contributed by atoms with van der Waals surface area (Å²) in [5.41, 5.74) is -0.431. The lowest BCUT2D eigenvalue weighted by Gasteiger charge is -2.40. The molecule has 1 atom stereocenters. The highest BCUT2D eigenvalue weighted by Gasteiger charge is 2.34. The maximum Gasteiger partial charge on any atom is 0.143 e. The molecule has 0 aliphatic carbocycles. The summed E-state index contributed by atoms with van der Waals surface area (Å²) in [5, 5.41) is 20.5. The molecule has 1 aromatic heterocycles. The van der Waals surface area contributed by atoms with Gasteiger partial charge in [0.05, 0.1) is 16.7 Å². The minimum Gasteiger partial charge on any atom is -0.387 e. The molecule has 1 aliphatic rings. The van der Waals surface area contributed by atoms with E-state index in [2.05, 4.69) is 14.7 Å². The number of fused-ring (bicyclic) bond motifs is 1. The lowest BCUT2D eigenvalue weighted by Crippen LogP contribution is -2.53. The molecule has 1 saturated heterocycles. The Balaban J connectivity index is 1.98. The number of halogens is 1. The molecule has 6 nitrogen and oxygen atoms in total. The summed E-state index contributed by atoms with van der Waals surface area (Å²) in [6.45, 7) is 1.64. The summed E-state index contributed by atoms with van der Waals surface area (Å²) in [4.78, 5) is 10.4. The number of anilines is 1. The average Bonchev–Trinajstić information content (AvgIpc) is 2.59. The van der Waals surface area contributed by atoms with Gasteiger partial charge in [0.25, 0.3) is 0 Å². The summed E-state index contributed by atoms with van der Waals surface area (Å²) in [5.74, 6) is 0.0350. The van der Waals surface area contributed by atoms with Crippen LogP contribution >= 0.6 is 11.9 Å². The number of nitrogens with one attached hydrogen (secondary N) is 1. The van der Waals surface area contributed by atoms with Crippen molar-refractivity contribution in [3.63, 3.8) is 0 Å². The average molecular weight is 347 g/mol. The third kappa shape index (κ3) is 3.29. The van der Waals surface area contributed by atoms with E-state index in [1.165, 1.54) is 30.4 Å². The summed E-state index contributed by atoms with van der Waals surface area (Å²) in [6.07, 6.45) is 4.83. The van der Waals surface area contributed by atoms with E-state index in [0.717, 1.165) is 13.0 Å². The summed E-state index contributed by atoms with van der Waals surface area (Å²) in [7, 11) is 0. The normalized spacial score (nSPS) is 21.0. The molecule has 2 N–H and O–H groups in total. The van der Waals surface area contributed by atoms with Gasteiger partial charge in [0.15, 0.2) is 0 Å². The number of nitriles is 1. The van der Waals surface area contributed by atoms with Gasteiger partial charge in [0.1, 0.15) is 24.0 Å². The SMILES string of the molecule is CSNCC1(O)CCCN(c2ncnc3cc(F)c(C#N)cc23)C1. The second kappa shape index (κ2) is 6.89. The third-order valence-electron chi connectivity index (χ3n) is 4.22. The molecule has 0 amide bonds. The van der Waals surface area contributed by atoms with Crippen molar-refractivity contribution in [1.29, 1.82) is 5.26 Å². The van der Waals surface area contributed by atoms with E-state index >= 15 is 0 Å². The van der Waals surface area contributed by atoms with Crippen LogP contribution in [-0.2, 0) is 0 Å². The lowest BCUT2D eigenvalue weighted by molar-refractivity contribution is 0.0317. The first-order chi connectivity index (χ1) is 11.6. The van der Waals surface area contributed by atoms with Crippen LogP contribution in [0.25, 0.3) is 10.9 Å². The van der Waals surface area contributed by atoms with Crippen LogP contribution in [0.2, 0.25) is 0 Å². The van der Waals surface area contributed by atoms with Crippen molar-refractivity contribution in [3.8, 4) is 6.07 Å². The molecular formula is C16H18FN5OS. The molecule has 0 spiro atoms. The standard InChI is InChI=1S/C16H18FN5OS/c1-24-21-8-16(23)3-2-4-22(9-16)15-12-5-11(7-18)13(17)6-14(12)19-10-20-15/h5-6,10,21,23H,2-4,8-9H2,1H3. The van der Waals surface area contributed by atoms with Gasteiger partial charge in [-0.1, -0.05) is 11.9 Å². The molecule has 3 rings (SSSR count).